The standard InChI is InChI=1S/C24H28N4O/c1-29-23-10-4-19(5-11-23)17-28-24-14-21(8-9-22(24)16-27-28)20-6-2-18(3-7-20)15-26-13-12-25/h2-11,14,26-27H,12-13,15-17,25H2,1H3. The third-order valence-corrected chi connectivity index (χ3v) is 5.27. The highest BCUT2D eigenvalue weighted by Crippen LogP contribution is 2.32. The van der Waals surface area contributed by atoms with Crippen LogP contribution in [0.2, 0.25) is 0 Å². The van der Waals surface area contributed by atoms with E-state index in [1.54, 1.807) is 7.11 Å². The molecule has 0 fully saturated rings. The Morgan fingerprint density at radius 3 is 2.41 bits per heavy atom. The molecule has 0 radical (unpaired) electrons. The van der Waals surface area contributed by atoms with E-state index in [1.807, 2.05) is 12.1 Å². The number of benzene rings is 3. The summed E-state index contributed by atoms with van der Waals surface area (Å²) in [5, 5.41) is 5.56. The zero-order chi connectivity index (χ0) is 20.1. The van der Waals surface area contributed by atoms with Crippen molar-refractivity contribution in [3.63, 3.8) is 0 Å². The van der Waals surface area contributed by atoms with Crippen LogP contribution in [-0.2, 0) is 19.6 Å². The second kappa shape index (κ2) is 9.09. The predicted octanol–water partition coefficient (Wildman–Crippen LogP) is 3.44. The van der Waals surface area contributed by atoms with Gasteiger partial charge in [0.25, 0.3) is 0 Å². The van der Waals surface area contributed by atoms with E-state index >= 15 is 0 Å². The average molecular weight is 389 g/mol. The molecular weight excluding hydrogens is 360 g/mol. The zero-order valence-corrected chi connectivity index (χ0v) is 16.8. The summed E-state index contributed by atoms with van der Waals surface area (Å²) in [6, 6.07) is 23.7. The lowest BCUT2D eigenvalue weighted by atomic mass is 10.0. The number of nitrogens with zero attached hydrogens (tertiary/aromatic N) is 1. The number of nitrogens with two attached hydrogens (primary N) is 1. The van der Waals surface area contributed by atoms with Gasteiger partial charge in [0.15, 0.2) is 0 Å². The molecule has 0 saturated heterocycles. The molecule has 5 heteroatoms. The van der Waals surface area contributed by atoms with Crippen LogP contribution in [0.3, 0.4) is 0 Å². The van der Waals surface area contributed by atoms with Gasteiger partial charge in [-0.05, 0) is 46.0 Å². The number of nitrogens with one attached hydrogen (secondary N) is 2. The number of methoxy groups -OCH3 is 1. The molecule has 0 aromatic heterocycles. The van der Waals surface area contributed by atoms with Gasteiger partial charge in [0, 0.05) is 26.2 Å². The molecule has 0 atom stereocenters. The molecular formula is C24H28N4O. The van der Waals surface area contributed by atoms with Crippen LogP contribution in [0.5, 0.6) is 5.75 Å². The maximum atomic E-state index is 5.53. The molecule has 0 saturated carbocycles. The van der Waals surface area contributed by atoms with Gasteiger partial charge in [-0.3, -0.25) is 0 Å². The summed E-state index contributed by atoms with van der Waals surface area (Å²) in [6.07, 6.45) is 0. The van der Waals surface area contributed by atoms with E-state index in [1.165, 1.54) is 33.5 Å². The molecule has 0 unspecified atom stereocenters. The summed E-state index contributed by atoms with van der Waals surface area (Å²) in [6.45, 7) is 4.02. The molecule has 4 rings (SSSR count). The predicted molar refractivity (Wildman–Crippen MR) is 119 cm³/mol. The van der Waals surface area contributed by atoms with Gasteiger partial charge in [-0.1, -0.05) is 48.5 Å². The van der Waals surface area contributed by atoms with Crippen molar-refractivity contribution in [3.8, 4) is 16.9 Å². The minimum Gasteiger partial charge on any atom is -0.497 e. The summed E-state index contributed by atoms with van der Waals surface area (Å²) in [4.78, 5) is 0. The molecule has 150 valence electrons. The SMILES string of the molecule is COc1ccc(CN2NCc3ccc(-c4ccc(CNCCN)cc4)cc32)cc1. The minimum atomic E-state index is 0.661. The lowest BCUT2D eigenvalue weighted by molar-refractivity contribution is 0.414. The number of rotatable bonds is 8. The van der Waals surface area contributed by atoms with Crippen molar-refractivity contribution >= 4 is 5.69 Å². The van der Waals surface area contributed by atoms with E-state index in [0.717, 1.165) is 31.9 Å². The molecule has 0 aliphatic carbocycles. The Hall–Kier alpha value is -2.86. The summed E-state index contributed by atoms with van der Waals surface area (Å²) in [5.74, 6) is 0.882. The van der Waals surface area contributed by atoms with Crippen LogP contribution in [0.1, 0.15) is 16.7 Å². The zero-order valence-electron chi connectivity index (χ0n) is 16.8. The molecule has 29 heavy (non-hydrogen) atoms. The highest BCUT2D eigenvalue weighted by molar-refractivity contribution is 5.71. The van der Waals surface area contributed by atoms with Crippen LogP contribution in [0.15, 0.2) is 66.7 Å². The van der Waals surface area contributed by atoms with Gasteiger partial charge in [-0.15, -0.1) is 0 Å². The van der Waals surface area contributed by atoms with E-state index in [9.17, 15) is 0 Å². The number of hydrogen-bond acceptors (Lipinski definition) is 5. The van der Waals surface area contributed by atoms with Crippen molar-refractivity contribution in [1.82, 2.24) is 10.7 Å². The fourth-order valence-electron chi connectivity index (χ4n) is 3.61. The molecule has 0 spiro atoms. The Kier molecular flexibility index (Phi) is 6.10. The van der Waals surface area contributed by atoms with Crippen molar-refractivity contribution in [2.45, 2.75) is 19.6 Å². The largest absolute Gasteiger partial charge is 0.497 e. The summed E-state index contributed by atoms with van der Waals surface area (Å²) in [5.41, 5.74) is 16.6. The van der Waals surface area contributed by atoms with Crippen molar-refractivity contribution in [2.24, 2.45) is 5.73 Å². The lowest BCUT2D eigenvalue weighted by Crippen LogP contribution is -2.31. The first kappa shape index (κ1) is 19.5. The molecule has 5 nitrogen and oxygen atoms in total. The van der Waals surface area contributed by atoms with Gasteiger partial charge in [-0.2, -0.15) is 0 Å². The van der Waals surface area contributed by atoms with Crippen LogP contribution in [0, 0.1) is 0 Å². The number of ether oxygens (including phenoxy) is 1. The molecule has 1 aliphatic rings. The number of hydrogen-bond donors (Lipinski definition) is 3. The van der Waals surface area contributed by atoms with E-state index in [2.05, 4.69) is 70.3 Å². The fourth-order valence-corrected chi connectivity index (χ4v) is 3.61. The number of hydrazine groups is 1. The second-order valence-electron chi connectivity index (χ2n) is 7.27. The summed E-state index contributed by atoms with van der Waals surface area (Å²) in [7, 11) is 1.69. The Bertz CT molecular complexity index is 938. The van der Waals surface area contributed by atoms with Gasteiger partial charge in [0.2, 0.25) is 0 Å². The van der Waals surface area contributed by atoms with Gasteiger partial charge < -0.3 is 20.8 Å². The second-order valence-corrected chi connectivity index (χ2v) is 7.27. The van der Waals surface area contributed by atoms with E-state index in [4.69, 9.17) is 10.5 Å². The molecule has 1 heterocycles. The Labute approximate surface area is 172 Å². The van der Waals surface area contributed by atoms with Crippen LogP contribution >= 0.6 is 0 Å². The third-order valence-electron chi connectivity index (χ3n) is 5.27. The molecule has 0 bridgehead atoms. The van der Waals surface area contributed by atoms with Gasteiger partial charge in [0.05, 0.1) is 19.3 Å². The molecule has 0 amide bonds. The molecule has 4 N–H and O–H groups in total. The van der Waals surface area contributed by atoms with E-state index < -0.39 is 0 Å². The van der Waals surface area contributed by atoms with Gasteiger partial charge >= 0.3 is 0 Å². The van der Waals surface area contributed by atoms with Crippen molar-refractivity contribution in [3.05, 3.63) is 83.4 Å². The lowest BCUT2D eigenvalue weighted by Gasteiger charge is -2.20. The quantitative estimate of drug-likeness (QED) is 0.516. The highest BCUT2D eigenvalue weighted by atomic mass is 16.5. The maximum absolute atomic E-state index is 5.53. The van der Waals surface area contributed by atoms with Crippen LogP contribution in [0.25, 0.3) is 11.1 Å². The normalized spacial score (nSPS) is 12.8. The Morgan fingerprint density at radius 1 is 0.966 bits per heavy atom. The fraction of sp³-hybridized carbons (Fsp3) is 0.250. The van der Waals surface area contributed by atoms with Crippen molar-refractivity contribution in [1.29, 1.82) is 0 Å². The van der Waals surface area contributed by atoms with Gasteiger partial charge in [0.1, 0.15) is 5.75 Å². The number of anilines is 1. The summed E-state index contributed by atoms with van der Waals surface area (Å²) >= 11 is 0. The van der Waals surface area contributed by atoms with Gasteiger partial charge in [-0.25, -0.2) is 5.43 Å². The van der Waals surface area contributed by atoms with Crippen molar-refractivity contribution < 1.29 is 4.74 Å². The topological polar surface area (TPSA) is 62.5 Å². The maximum Gasteiger partial charge on any atom is 0.118 e. The highest BCUT2D eigenvalue weighted by Gasteiger charge is 2.19. The van der Waals surface area contributed by atoms with Crippen LogP contribution < -0.4 is 26.2 Å². The van der Waals surface area contributed by atoms with E-state index in [0.29, 0.717) is 6.54 Å². The average Bonchev–Trinajstić information content (AvgIpc) is 3.17. The molecule has 1 aliphatic heterocycles. The summed E-state index contributed by atoms with van der Waals surface area (Å²) < 4.78 is 5.26. The third kappa shape index (κ3) is 4.59. The first-order valence-corrected chi connectivity index (χ1v) is 10.0. The van der Waals surface area contributed by atoms with Crippen LogP contribution in [-0.4, -0.2) is 20.2 Å². The first-order valence-electron chi connectivity index (χ1n) is 10.0. The monoisotopic (exact) mass is 388 g/mol. The molecule has 3 aromatic carbocycles. The first-order chi connectivity index (χ1) is 14.3. The Morgan fingerprint density at radius 2 is 1.69 bits per heavy atom. The van der Waals surface area contributed by atoms with Crippen molar-refractivity contribution in [2.75, 3.05) is 25.2 Å². The number of fused-ring (bicyclic) bond motifs is 1. The Balaban J connectivity index is 1.49. The molecule has 3 aromatic rings. The van der Waals surface area contributed by atoms with Crippen LogP contribution in [0.4, 0.5) is 5.69 Å². The smallest absolute Gasteiger partial charge is 0.118 e. The minimum absolute atomic E-state index is 0.661. The van der Waals surface area contributed by atoms with E-state index in [-0.39, 0.29) is 0 Å².